The Morgan fingerprint density at radius 1 is 1.09 bits per heavy atom. The lowest BCUT2D eigenvalue weighted by atomic mass is 10.1. The molecule has 0 aliphatic heterocycles. The van der Waals surface area contributed by atoms with Crippen LogP contribution in [0.5, 0.6) is 0 Å². The number of hydrogen-bond donors (Lipinski definition) is 1. The van der Waals surface area contributed by atoms with Gasteiger partial charge in [0.05, 0.1) is 12.6 Å². The van der Waals surface area contributed by atoms with Gasteiger partial charge < -0.3 is 10.1 Å². The van der Waals surface area contributed by atoms with E-state index in [4.69, 9.17) is 4.74 Å². The van der Waals surface area contributed by atoms with E-state index in [1.54, 1.807) is 13.8 Å². The van der Waals surface area contributed by atoms with Gasteiger partial charge in [0.15, 0.2) is 11.6 Å². The maximum atomic E-state index is 13.2. The van der Waals surface area contributed by atoms with Crippen LogP contribution in [0.3, 0.4) is 0 Å². The molecule has 0 saturated heterocycles. The molecule has 0 radical (unpaired) electrons. The zero-order chi connectivity index (χ0) is 16.8. The Morgan fingerprint density at radius 2 is 1.78 bits per heavy atom. The molecule has 0 aliphatic rings. The summed E-state index contributed by atoms with van der Waals surface area (Å²) in [6.07, 6.45) is -0.650. The molecule has 0 aromatic heterocycles. The lowest BCUT2D eigenvalue weighted by Gasteiger charge is -2.18. The second-order valence-electron chi connectivity index (χ2n) is 5.34. The van der Waals surface area contributed by atoms with Crippen molar-refractivity contribution in [3.8, 4) is 0 Å². The largest absolute Gasteiger partial charge is 0.364 e. The molecule has 1 amide bonds. The van der Waals surface area contributed by atoms with Crippen LogP contribution in [0.4, 0.5) is 8.78 Å². The van der Waals surface area contributed by atoms with Gasteiger partial charge in [-0.1, -0.05) is 36.4 Å². The van der Waals surface area contributed by atoms with Crippen molar-refractivity contribution in [1.82, 2.24) is 5.32 Å². The smallest absolute Gasteiger partial charge is 0.249 e. The Bertz CT molecular complexity index is 661. The van der Waals surface area contributed by atoms with Gasteiger partial charge in [0, 0.05) is 0 Å². The monoisotopic (exact) mass is 319 g/mol. The molecule has 0 bridgehead atoms. The second kappa shape index (κ2) is 7.83. The number of hydrogen-bond acceptors (Lipinski definition) is 2. The maximum absolute atomic E-state index is 13.2. The summed E-state index contributed by atoms with van der Waals surface area (Å²) in [7, 11) is 0. The van der Waals surface area contributed by atoms with Crippen molar-refractivity contribution in [1.29, 1.82) is 0 Å². The molecule has 1 N–H and O–H groups in total. The first-order valence-corrected chi connectivity index (χ1v) is 7.38. The first-order valence-electron chi connectivity index (χ1n) is 7.38. The fourth-order valence-electron chi connectivity index (χ4n) is 2.07. The van der Waals surface area contributed by atoms with Crippen LogP contribution in [0.1, 0.15) is 31.0 Å². The van der Waals surface area contributed by atoms with Gasteiger partial charge in [0.25, 0.3) is 0 Å². The van der Waals surface area contributed by atoms with Gasteiger partial charge in [-0.3, -0.25) is 4.79 Å². The molecule has 122 valence electrons. The summed E-state index contributed by atoms with van der Waals surface area (Å²) >= 11 is 0. The standard InChI is InChI=1S/C18H19F2NO2/c1-12(15-8-9-16(19)17(20)10-15)21-18(22)13(2)23-11-14-6-4-3-5-7-14/h3-10,12-13H,11H2,1-2H3,(H,21,22)/t12-,13+/m1/s1. The van der Waals surface area contributed by atoms with Crippen LogP contribution in [-0.4, -0.2) is 12.0 Å². The van der Waals surface area contributed by atoms with E-state index in [9.17, 15) is 13.6 Å². The van der Waals surface area contributed by atoms with Crippen molar-refractivity contribution in [2.45, 2.75) is 32.6 Å². The van der Waals surface area contributed by atoms with E-state index in [0.29, 0.717) is 12.2 Å². The van der Waals surface area contributed by atoms with Crippen molar-refractivity contribution in [2.24, 2.45) is 0 Å². The highest BCUT2D eigenvalue weighted by molar-refractivity contribution is 5.80. The predicted molar refractivity (Wildman–Crippen MR) is 83.6 cm³/mol. The van der Waals surface area contributed by atoms with E-state index in [0.717, 1.165) is 17.7 Å². The minimum atomic E-state index is -0.933. The van der Waals surface area contributed by atoms with Crippen LogP contribution in [0.2, 0.25) is 0 Å². The minimum absolute atomic E-state index is 0.307. The molecule has 0 unspecified atom stereocenters. The molecule has 0 fully saturated rings. The number of rotatable bonds is 6. The summed E-state index contributed by atoms with van der Waals surface area (Å²) in [5, 5.41) is 2.73. The normalized spacial score (nSPS) is 13.4. The number of nitrogens with one attached hydrogen (secondary N) is 1. The van der Waals surface area contributed by atoms with Crippen molar-refractivity contribution in [2.75, 3.05) is 0 Å². The molecule has 2 atom stereocenters. The first-order chi connectivity index (χ1) is 11.0. The number of halogens is 2. The molecule has 0 spiro atoms. The van der Waals surface area contributed by atoms with Crippen molar-refractivity contribution in [3.63, 3.8) is 0 Å². The Kier molecular flexibility index (Phi) is 5.82. The molecule has 0 saturated carbocycles. The summed E-state index contributed by atoms with van der Waals surface area (Å²) in [5.74, 6) is -2.15. The highest BCUT2D eigenvalue weighted by Gasteiger charge is 2.17. The van der Waals surface area contributed by atoms with E-state index in [1.807, 2.05) is 30.3 Å². The van der Waals surface area contributed by atoms with Gasteiger partial charge in [-0.15, -0.1) is 0 Å². The molecule has 2 aromatic carbocycles. The van der Waals surface area contributed by atoms with Gasteiger partial charge in [0.2, 0.25) is 5.91 Å². The van der Waals surface area contributed by atoms with Crippen molar-refractivity contribution >= 4 is 5.91 Å². The average molecular weight is 319 g/mol. The maximum Gasteiger partial charge on any atom is 0.249 e. The van der Waals surface area contributed by atoms with E-state index in [1.165, 1.54) is 6.07 Å². The molecule has 23 heavy (non-hydrogen) atoms. The Balaban J connectivity index is 1.88. The minimum Gasteiger partial charge on any atom is -0.364 e. The SMILES string of the molecule is C[C@H](OCc1ccccc1)C(=O)N[C@H](C)c1ccc(F)c(F)c1. The summed E-state index contributed by atoms with van der Waals surface area (Å²) in [5.41, 5.74) is 1.47. The Hall–Kier alpha value is -2.27. The number of amides is 1. The van der Waals surface area contributed by atoms with Gasteiger partial charge >= 0.3 is 0 Å². The highest BCUT2D eigenvalue weighted by atomic mass is 19.2. The van der Waals surface area contributed by atoms with Crippen LogP contribution in [-0.2, 0) is 16.1 Å². The lowest BCUT2D eigenvalue weighted by Crippen LogP contribution is -2.36. The number of carbonyl (C=O) groups is 1. The Labute approximate surface area is 134 Å². The number of ether oxygens (including phenoxy) is 1. The molecular weight excluding hydrogens is 300 g/mol. The van der Waals surface area contributed by atoms with Gasteiger partial charge in [0.1, 0.15) is 6.10 Å². The highest BCUT2D eigenvalue weighted by Crippen LogP contribution is 2.16. The van der Waals surface area contributed by atoms with Crippen molar-refractivity contribution < 1.29 is 18.3 Å². The summed E-state index contributed by atoms with van der Waals surface area (Å²) in [6.45, 7) is 3.68. The zero-order valence-corrected chi connectivity index (χ0v) is 13.1. The quantitative estimate of drug-likeness (QED) is 0.880. The van der Waals surface area contributed by atoms with E-state index in [2.05, 4.69) is 5.32 Å². The van der Waals surface area contributed by atoms with E-state index >= 15 is 0 Å². The third-order valence-corrected chi connectivity index (χ3v) is 3.51. The molecule has 2 aromatic rings. The third kappa shape index (κ3) is 4.86. The van der Waals surface area contributed by atoms with E-state index < -0.39 is 23.8 Å². The van der Waals surface area contributed by atoms with Gasteiger partial charge in [-0.05, 0) is 37.1 Å². The molecule has 0 heterocycles. The Morgan fingerprint density at radius 3 is 2.43 bits per heavy atom. The molecule has 5 heteroatoms. The summed E-state index contributed by atoms with van der Waals surface area (Å²) < 4.78 is 31.7. The molecular formula is C18H19F2NO2. The molecule has 0 aliphatic carbocycles. The van der Waals surface area contributed by atoms with Gasteiger partial charge in [-0.25, -0.2) is 8.78 Å². The fourth-order valence-corrected chi connectivity index (χ4v) is 2.07. The molecule has 3 nitrogen and oxygen atoms in total. The molecule has 2 rings (SSSR count). The number of carbonyl (C=O) groups excluding carboxylic acids is 1. The lowest BCUT2D eigenvalue weighted by molar-refractivity contribution is -0.133. The van der Waals surface area contributed by atoms with Crippen LogP contribution >= 0.6 is 0 Å². The fraction of sp³-hybridized carbons (Fsp3) is 0.278. The van der Waals surface area contributed by atoms with E-state index in [-0.39, 0.29) is 5.91 Å². The topological polar surface area (TPSA) is 38.3 Å². The summed E-state index contributed by atoms with van der Waals surface area (Å²) in [6, 6.07) is 12.6. The van der Waals surface area contributed by atoms with Crippen molar-refractivity contribution in [3.05, 3.63) is 71.3 Å². The van der Waals surface area contributed by atoms with Crippen LogP contribution in [0, 0.1) is 11.6 Å². The zero-order valence-electron chi connectivity index (χ0n) is 13.1. The second-order valence-corrected chi connectivity index (χ2v) is 5.34. The van der Waals surface area contributed by atoms with Gasteiger partial charge in [-0.2, -0.15) is 0 Å². The summed E-state index contributed by atoms with van der Waals surface area (Å²) in [4.78, 5) is 12.1. The average Bonchev–Trinajstić information content (AvgIpc) is 2.55. The van der Waals surface area contributed by atoms with Crippen LogP contribution in [0.25, 0.3) is 0 Å². The van der Waals surface area contributed by atoms with Crippen LogP contribution < -0.4 is 5.32 Å². The predicted octanol–water partition coefficient (Wildman–Crippen LogP) is 3.75. The number of benzene rings is 2. The third-order valence-electron chi connectivity index (χ3n) is 3.51. The van der Waals surface area contributed by atoms with Crippen LogP contribution in [0.15, 0.2) is 48.5 Å². The first kappa shape index (κ1) is 17.1.